The molecule has 0 aliphatic carbocycles. The quantitative estimate of drug-likeness (QED) is 0.898. The molecule has 0 saturated heterocycles. The molecule has 2 rings (SSSR count). The summed E-state index contributed by atoms with van der Waals surface area (Å²) >= 11 is 0. The summed E-state index contributed by atoms with van der Waals surface area (Å²) in [6.07, 6.45) is 0. The summed E-state index contributed by atoms with van der Waals surface area (Å²) in [6.45, 7) is 2.49. The molecule has 0 radical (unpaired) electrons. The number of aryl methyl sites for hydroxylation is 1. The van der Waals surface area contributed by atoms with E-state index in [1.807, 2.05) is 25.2 Å². The van der Waals surface area contributed by atoms with Gasteiger partial charge in [-0.2, -0.15) is 0 Å². The van der Waals surface area contributed by atoms with Crippen LogP contribution in [-0.4, -0.2) is 13.0 Å². The molecule has 20 heavy (non-hydrogen) atoms. The second-order valence-corrected chi connectivity index (χ2v) is 4.67. The zero-order valence-electron chi connectivity index (χ0n) is 11.5. The number of hydrogen-bond donors (Lipinski definition) is 2. The molecule has 2 N–H and O–H groups in total. The van der Waals surface area contributed by atoms with Crippen molar-refractivity contribution in [3.8, 4) is 0 Å². The number of amides is 1. The summed E-state index contributed by atoms with van der Waals surface area (Å²) in [5.74, 6) is -0.946. The second-order valence-electron chi connectivity index (χ2n) is 4.67. The van der Waals surface area contributed by atoms with Gasteiger partial charge in [-0.15, -0.1) is 0 Å². The lowest BCUT2D eigenvalue weighted by atomic mass is 10.1. The maximum Gasteiger partial charge on any atom is 0.258 e. The summed E-state index contributed by atoms with van der Waals surface area (Å²) < 4.78 is 13.7. The first-order valence-electron chi connectivity index (χ1n) is 6.41. The van der Waals surface area contributed by atoms with Crippen molar-refractivity contribution < 1.29 is 9.18 Å². The van der Waals surface area contributed by atoms with Gasteiger partial charge < -0.3 is 10.6 Å². The van der Waals surface area contributed by atoms with Crippen molar-refractivity contribution in [3.05, 3.63) is 65.0 Å². The molecule has 0 aromatic heterocycles. The Balaban J connectivity index is 2.17. The van der Waals surface area contributed by atoms with Gasteiger partial charge in [-0.05, 0) is 49.4 Å². The van der Waals surface area contributed by atoms with E-state index >= 15 is 0 Å². The van der Waals surface area contributed by atoms with Crippen LogP contribution in [0, 0.1) is 12.7 Å². The number of anilines is 1. The number of benzene rings is 2. The zero-order chi connectivity index (χ0) is 14.5. The third-order valence-electron chi connectivity index (χ3n) is 2.93. The Kier molecular flexibility index (Phi) is 4.48. The maximum atomic E-state index is 13.7. The Hall–Kier alpha value is -2.20. The van der Waals surface area contributed by atoms with Gasteiger partial charge in [0.25, 0.3) is 5.91 Å². The summed E-state index contributed by atoms with van der Waals surface area (Å²) in [7, 11) is 1.85. The molecular weight excluding hydrogens is 255 g/mol. The smallest absolute Gasteiger partial charge is 0.258 e. The van der Waals surface area contributed by atoms with E-state index < -0.39 is 11.7 Å². The molecular formula is C16H17FN2O. The molecule has 0 saturated carbocycles. The fraction of sp³-hybridized carbons (Fsp3) is 0.188. The number of hydrogen-bond acceptors (Lipinski definition) is 2. The number of halogens is 1. The van der Waals surface area contributed by atoms with Gasteiger partial charge in [-0.25, -0.2) is 4.39 Å². The van der Waals surface area contributed by atoms with Gasteiger partial charge in [0.1, 0.15) is 5.82 Å². The molecule has 104 valence electrons. The van der Waals surface area contributed by atoms with E-state index in [2.05, 4.69) is 10.6 Å². The minimum absolute atomic E-state index is 0.0506. The molecule has 2 aromatic rings. The van der Waals surface area contributed by atoms with Crippen LogP contribution in [0.4, 0.5) is 10.1 Å². The Bertz CT molecular complexity index is 626. The van der Waals surface area contributed by atoms with Crippen LogP contribution in [0.1, 0.15) is 21.5 Å². The molecule has 2 aromatic carbocycles. The molecule has 0 spiro atoms. The lowest BCUT2D eigenvalue weighted by molar-refractivity contribution is 0.102. The molecule has 0 atom stereocenters. The van der Waals surface area contributed by atoms with Crippen LogP contribution in [0.5, 0.6) is 0 Å². The highest BCUT2D eigenvalue weighted by atomic mass is 19.1. The lowest BCUT2D eigenvalue weighted by Gasteiger charge is -2.08. The van der Waals surface area contributed by atoms with Crippen molar-refractivity contribution in [1.82, 2.24) is 5.32 Å². The van der Waals surface area contributed by atoms with Gasteiger partial charge in [0.15, 0.2) is 0 Å². The normalized spacial score (nSPS) is 10.3. The second kappa shape index (κ2) is 6.30. The molecule has 0 aliphatic rings. The van der Waals surface area contributed by atoms with Gasteiger partial charge in [-0.3, -0.25) is 4.79 Å². The van der Waals surface area contributed by atoms with Crippen molar-refractivity contribution in [1.29, 1.82) is 0 Å². The summed E-state index contributed by atoms with van der Waals surface area (Å²) in [6, 6.07) is 12.0. The molecule has 0 aliphatic heterocycles. The monoisotopic (exact) mass is 272 g/mol. The highest BCUT2D eigenvalue weighted by Crippen LogP contribution is 2.15. The minimum Gasteiger partial charge on any atom is -0.322 e. The van der Waals surface area contributed by atoms with Gasteiger partial charge in [0.2, 0.25) is 0 Å². The van der Waals surface area contributed by atoms with Gasteiger partial charge >= 0.3 is 0 Å². The van der Waals surface area contributed by atoms with Crippen molar-refractivity contribution in [3.63, 3.8) is 0 Å². The van der Waals surface area contributed by atoms with E-state index in [4.69, 9.17) is 0 Å². The predicted molar refractivity (Wildman–Crippen MR) is 78.3 cm³/mol. The van der Waals surface area contributed by atoms with Gasteiger partial charge in [-0.1, -0.05) is 18.2 Å². The molecule has 4 heteroatoms. The molecule has 0 unspecified atom stereocenters. The van der Waals surface area contributed by atoms with E-state index in [1.165, 1.54) is 12.1 Å². The topological polar surface area (TPSA) is 41.1 Å². The van der Waals surface area contributed by atoms with Crippen LogP contribution in [0.25, 0.3) is 0 Å². The Morgan fingerprint density at radius 2 is 2.00 bits per heavy atom. The Labute approximate surface area is 117 Å². The van der Waals surface area contributed by atoms with Crippen LogP contribution in [0.15, 0.2) is 42.5 Å². The highest BCUT2D eigenvalue weighted by molar-refractivity contribution is 6.04. The fourth-order valence-corrected chi connectivity index (χ4v) is 1.97. The molecule has 0 heterocycles. The zero-order valence-corrected chi connectivity index (χ0v) is 11.5. The maximum absolute atomic E-state index is 13.7. The Morgan fingerprint density at radius 1 is 1.20 bits per heavy atom. The molecule has 0 fully saturated rings. The van der Waals surface area contributed by atoms with E-state index in [9.17, 15) is 9.18 Å². The number of carbonyl (C=O) groups excluding carboxylic acids is 1. The fourth-order valence-electron chi connectivity index (χ4n) is 1.97. The van der Waals surface area contributed by atoms with Crippen LogP contribution in [0.3, 0.4) is 0 Å². The highest BCUT2D eigenvalue weighted by Gasteiger charge is 2.11. The summed E-state index contributed by atoms with van der Waals surface area (Å²) in [4.78, 5) is 12.0. The van der Waals surface area contributed by atoms with Gasteiger partial charge in [0, 0.05) is 12.2 Å². The third-order valence-corrected chi connectivity index (χ3v) is 2.93. The standard InChI is InChI=1S/C16H17FN2O/c1-11-6-7-14(15(17)8-11)16(20)19-13-5-3-4-12(9-13)10-18-2/h3-9,18H,10H2,1-2H3,(H,19,20). The van der Waals surface area contributed by atoms with Crippen molar-refractivity contribution in [2.24, 2.45) is 0 Å². The van der Waals surface area contributed by atoms with E-state index in [0.717, 1.165) is 11.1 Å². The number of rotatable bonds is 4. The van der Waals surface area contributed by atoms with Crippen molar-refractivity contribution in [2.75, 3.05) is 12.4 Å². The molecule has 3 nitrogen and oxygen atoms in total. The average Bonchev–Trinajstić information content (AvgIpc) is 2.39. The van der Waals surface area contributed by atoms with E-state index in [0.29, 0.717) is 12.2 Å². The third kappa shape index (κ3) is 3.42. The van der Waals surface area contributed by atoms with Crippen molar-refractivity contribution in [2.45, 2.75) is 13.5 Å². The first-order valence-corrected chi connectivity index (χ1v) is 6.41. The predicted octanol–water partition coefficient (Wildman–Crippen LogP) is 3.11. The van der Waals surface area contributed by atoms with Crippen LogP contribution in [-0.2, 0) is 6.54 Å². The van der Waals surface area contributed by atoms with Crippen LogP contribution < -0.4 is 10.6 Å². The largest absolute Gasteiger partial charge is 0.322 e. The molecule has 1 amide bonds. The van der Waals surface area contributed by atoms with E-state index in [-0.39, 0.29) is 5.56 Å². The first-order chi connectivity index (χ1) is 9.60. The number of carbonyl (C=O) groups is 1. The van der Waals surface area contributed by atoms with Crippen LogP contribution >= 0.6 is 0 Å². The van der Waals surface area contributed by atoms with E-state index in [1.54, 1.807) is 19.1 Å². The van der Waals surface area contributed by atoms with Crippen molar-refractivity contribution >= 4 is 11.6 Å². The number of nitrogens with one attached hydrogen (secondary N) is 2. The first kappa shape index (κ1) is 14.2. The summed E-state index contributed by atoms with van der Waals surface area (Å²) in [5, 5.41) is 5.75. The minimum atomic E-state index is -0.506. The Morgan fingerprint density at radius 3 is 2.70 bits per heavy atom. The SMILES string of the molecule is CNCc1cccc(NC(=O)c2ccc(C)cc2F)c1. The average molecular weight is 272 g/mol. The van der Waals surface area contributed by atoms with Crippen LogP contribution in [0.2, 0.25) is 0 Å². The van der Waals surface area contributed by atoms with Gasteiger partial charge in [0.05, 0.1) is 5.56 Å². The molecule has 0 bridgehead atoms. The lowest BCUT2D eigenvalue weighted by Crippen LogP contribution is -2.14. The summed E-state index contributed by atoms with van der Waals surface area (Å²) in [5.41, 5.74) is 2.54.